The van der Waals surface area contributed by atoms with Crippen LogP contribution in [0.4, 0.5) is 0 Å². The Balaban J connectivity index is 2.51. The third-order valence-corrected chi connectivity index (χ3v) is 2.20. The summed E-state index contributed by atoms with van der Waals surface area (Å²) in [4.78, 5) is 1.57. The normalized spacial score (nSPS) is 12.3. The van der Waals surface area contributed by atoms with Crippen LogP contribution in [0.5, 0.6) is 0 Å². The third-order valence-electron chi connectivity index (χ3n) is 2.20. The van der Waals surface area contributed by atoms with Crippen molar-refractivity contribution >= 4 is 0 Å². The Bertz CT molecular complexity index is 372. The maximum absolute atomic E-state index is 10.5. The zero-order valence-corrected chi connectivity index (χ0v) is 8.34. The fourth-order valence-corrected chi connectivity index (χ4v) is 1.33. The lowest BCUT2D eigenvalue weighted by molar-refractivity contribution is -0.0581. The van der Waals surface area contributed by atoms with E-state index in [0.29, 0.717) is 11.4 Å². The molecular weight excluding hydrogens is 198 g/mol. The van der Waals surface area contributed by atoms with E-state index in [1.54, 1.807) is 19.0 Å². The fourth-order valence-electron chi connectivity index (χ4n) is 1.33. The standard InChI is InChI=1S/C7H11N7O/c1-14(2)7(15,5-3-8-12-10-5)6-4-9-13-11-6/h3-4,15H,1-2H3,(H,8,10,12)(H,9,11,13). The lowest BCUT2D eigenvalue weighted by atomic mass is 10.1. The zero-order chi connectivity index (χ0) is 10.9. The number of rotatable bonds is 3. The number of aromatic amines is 2. The number of aliphatic hydroxyl groups is 1. The van der Waals surface area contributed by atoms with Gasteiger partial charge in [0, 0.05) is 0 Å². The molecule has 2 aromatic rings. The molecule has 2 heterocycles. The molecule has 0 radical (unpaired) electrons. The molecule has 0 saturated heterocycles. The largest absolute Gasteiger partial charge is 0.365 e. The van der Waals surface area contributed by atoms with Crippen molar-refractivity contribution in [3.63, 3.8) is 0 Å². The highest BCUT2D eigenvalue weighted by molar-refractivity contribution is 5.20. The van der Waals surface area contributed by atoms with E-state index in [2.05, 4.69) is 30.8 Å². The van der Waals surface area contributed by atoms with Gasteiger partial charge in [-0.15, -0.1) is 10.2 Å². The molecule has 0 aliphatic carbocycles. The Morgan fingerprint density at radius 3 is 1.87 bits per heavy atom. The second-order valence-corrected chi connectivity index (χ2v) is 3.28. The van der Waals surface area contributed by atoms with E-state index in [0.717, 1.165) is 0 Å². The van der Waals surface area contributed by atoms with Gasteiger partial charge >= 0.3 is 0 Å². The maximum atomic E-state index is 10.5. The Morgan fingerprint density at radius 1 is 1.13 bits per heavy atom. The quantitative estimate of drug-likeness (QED) is 0.541. The molecular formula is C7H11N7O. The summed E-state index contributed by atoms with van der Waals surface area (Å²) in [5.41, 5.74) is -0.706. The number of nitrogens with one attached hydrogen (secondary N) is 2. The lowest BCUT2D eigenvalue weighted by Gasteiger charge is -2.30. The van der Waals surface area contributed by atoms with Crippen LogP contribution in [0.3, 0.4) is 0 Å². The minimum atomic E-state index is -1.43. The molecule has 15 heavy (non-hydrogen) atoms. The molecule has 0 unspecified atom stereocenters. The molecule has 8 nitrogen and oxygen atoms in total. The summed E-state index contributed by atoms with van der Waals surface area (Å²) in [6.45, 7) is 0. The van der Waals surface area contributed by atoms with Crippen LogP contribution >= 0.6 is 0 Å². The van der Waals surface area contributed by atoms with E-state index >= 15 is 0 Å². The van der Waals surface area contributed by atoms with Crippen molar-refractivity contribution in [2.24, 2.45) is 0 Å². The zero-order valence-electron chi connectivity index (χ0n) is 8.34. The number of nitrogens with zero attached hydrogens (tertiary/aromatic N) is 5. The van der Waals surface area contributed by atoms with Crippen LogP contribution in [0, 0.1) is 0 Å². The fraction of sp³-hybridized carbons (Fsp3) is 0.429. The van der Waals surface area contributed by atoms with Crippen molar-refractivity contribution in [3.05, 3.63) is 23.8 Å². The van der Waals surface area contributed by atoms with Crippen LogP contribution < -0.4 is 0 Å². The summed E-state index contributed by atoms with van der Waals surface area (Å²) < 4.78 is 0. The van der Waals surface area contributed by atoms with Gasteiger partial charge in [-0.2, -0.15) is 0 Å². The minimum Gasteiger partial charge on any atom is -0.365 e. The molecule has 2 rings (SSSR count). The van der Waals surface area contributed by atoms with Gasteiger partial charge in [0.15, 0.2) is 0 Å². The number of H-pyrrole nitrogens is 2. The summed E-state index contributed by atoms with van der Waals surface area (Å²) in [6, 6.07) is 0. The smallest absolute Gasteiger partial charge is 0.212 e. The first-order valence-corrected chi connectivity index (χ1v) is 4.29. The van der Waals surface area contributed by atoms with Crippen LogP contribution in [-0.4, -0.2) is 54.9 Å². The Labute approximate surface area is 85.3 Å². The van der Waals surface area contributed by atoms with Crippen molar-refractivity contribution in [3.8, 4) is 0 Å². The van der Waals surface area contributed by atoms with Crippen LogP contribution in [0.25, 0.3) is 0 Å². The highest BCUT2D eigenvalue weighted by atomic mass is 16.3. The van der Waals surface area contributed by atoms with Crippen LogP contribution in [0.1, 0.15) is 11.4 Å². The topological polar surface area (TPSA) is 107 Å². The van der Waals surface area contributed by atoms with Crippen LogP contribution in [0.2, 0.25) is 0 Å². The molecule has 0 saturated carbocycles. The van der Waals surface area contributed by atoms with E-state index in [1.807, 2.05) is 0 Å². The van der Waals surface area contributed by atoms with E-state index in [-0.39, 0.29) is 0 Å². The summed E-state index contributed by atoms with van der Waals surface area (Å²) in [5.74, 6) is 0. The number of aromatic nitrogens is 6. The van der Waals surface area contributed by atoms with Gasteiger partial charge in [-0.05, 0) is 14.1 Å². The lowest BCUT2D eigenvalue weighted by Crippen LogP contribution is -2.43. The van der Waals surface area contributed by atoms with Gasteiger partial charge in [-0.3, -0.25) is 15.1 Å². The van der Waals surface area contributed by atoms with Gasteiger partial charge in [0.2, 0.25) is 5.72 Å². The van der Waals surface area contributed by atoms with Gasteiger partial charge in [0.05, 0.1) is 12.4 Å². The third kappa shape index (κ3) is 1.39. The van der Waals surface area contributed by atoms with Gasteiger partial charge < -0.3 is 5.11 Å². The summed E-state index contributed by atoms with van der Waals surface area (Å²) >= 11 is 0. The second-order valence-electron chi connectivity index (χ2n) is 3.28. The van der Waals surface area contributed by atoms with E-state index < -0.39 is 5.72 Å². The maximum Gasteiger partial charge on any atom is 0.212 e. The first-order chi connectivity index (χ1) is 7.15. The predicted octanol–water partition coefficient (Wildman–Crippen LogP) is -1.32. The molecule has 80 valence electrons. The van der Waals surface area contributed by atoms with Crippen LogP contribution in [0.15, 0.2) is 12.4 Å². The molecule has 3 N–H and O–H groups in total. The molecule has 0 amide bonds. The summed E-state index contributed by atoms with van der Waals surface area (Å²) in [6.07, 6.45) is 3.02. The molecule has 0 aliphatic rings. The molecule has 0 aliphatic heterocycles. The van der Waals surface area contributed by atoms with E-state index in [1.165, 1.54) is 12.4 Å². The molecule has 8 heteroatoms. The van der Waals surface area contributed by atoms with Crippen molar-refractivity contribution < 1.29 is 5.11 Å². The molecule has 2 aromatic heterocycles. The van der Waals surface area contributed by atoms with Crippen molar-refractivity contribution in [2.45, 2.75) is 5.72 Å². The van der Waals surface area contributed by atoms with Gasteiger partial charge in [-0.1, -0.05) is 10.4 Å². The molecule has 0 spiro atoms. The Kier molecular flexibility index (Phi) is 2.21. The van der Waals surface area contributed by atoms with Gasteiger partial charge in [-0.25, -0.2) is 0 Å². The predicted molar refractivity (Wildman–Crippen MR) is 49.5 cm³/mol. The molecule has 0 atom stereocenters. The first-order valence-electron chi connectivity index (χ1n) is 4.29. The van der Waals surface area contributed by atoms with E-state index in [4.69, 9.17) is 0 Å². The molecule has 0 bridgehead atoms. The number of hydrogen-bond acceptors (Lipinski definition) is 6. The van der Waals surface area contributed by atoms with Gasteiger partial charge in [0.1, 0.15) is 11.4 Å². The van der Waals surface area contributed by atoms with E-state index in [9.17, 15) is 5.11 Å². The highest BCUT2D eigenvalue weighted by Gasteiger charge is 2.39. The molecule has 0 aromatic carbocycles. The summed E-state index contributed by atoms with van der Waals surface area (Å²) in [7, 11) is 3.42. The molecule has 0 fully saturated rings. The minimum absolute atomic E-state index is 0.362. The van der Waals surface area contributed by atoms with Crippen molar-refractivity contribution in [1.82, 2.24) is 35.7 Å². The van der Waals surface area contributed by atoms with Gasteiger partial charge in [0.25, 0.3) is 0 Å². The highest BCUT2D eigenvalue weighted by Crippen LogP contribution is 2.26. The summed E-state index contributed by atoms with van der Waals surface area (Å²) in [5, 5.41) is 30.3. The monoisotopic (exact) mass is 209 g/mol. The Hall–Kier alpha value is -1.80. The average molecular weight is 209 g/mol. The van der Waals surface area contributed by atoms with Crippen molar-refractivity contribution in [2.75, 3.05) is 14.1 Å². The second kappa shape index (κ2) is 3.41. The Morgan fingerprint density at radius 2 is 1.60 bits per heavy atom. The average Bonchev–Trinajstić information content (AvgIpc) is 2.89. The SMILES string of the molecule is CN(C)C(O)(c1c[nH]nn1)c1c[nH]nn1. The number of hydrogen-bond donors (Lipinski definition) is 3. The van der Waals surface area contributed by atoms with Crippen molar-refractivity contribution in [1.29, 1.82) is 0 Å². The van der Waals surface area contributed by atoms with Crippen LogP contribution in [-0.2, 0) is 5.72 Å². The first kappa shape index (κ1) is 9.74.